The first-order chi connectivity index (χ1) is 14.2. The van der Waals surface area contributed by atoms with Crippen molar-refractivity contribution in [2.45, 2.75) is 65.2 Å². The van der Waals surface area contributed by atoms with Gasteiger partial charge in [-0.3, -0.25) is 9.52 Å². The van der Waals surface area contributed by atoms with E-state index in [2.05, 4.69) is 23.9 Å². The summed E-state index contributed by atoms with van der Waals surface area (Å²) in [4.78, 5) is 12.8. The average molecular weight is 431 g/mol. The van der Waals surface area contributed by atoms with Crippen LogP contribution in [-0.2, 0) is 10.0 Å². The highest BCUT2D eigenvalue weighted by molar-refractivity contribution is 7.92. The summed E-state index contributed by atoms with van der Waals surface area (Å²) in [5.41, 5.74) is 3.39. The Morgan fingerprint density at radius 2 is 1.77 bits per heavy atom. The molecule has 0 saturated carbocycles. The van der Waals surface area contributed by atoms with E-state index in [9.17, 15) is 13.2 Å². The first kappa shape index (κ1) is 23.9. The van der Waals surface area contributed by atoms with Crippen LogP contribution in [0.1, 0.15) is 66.6 Å². The Hall–Kier alpha value is -2.34. The van der Waals surface area contributed by atoms with Crippen molar-refractivity contribution in [2.24, 2.45) is 5.92 Å². The molecule has 1 unspecified atom stereocenters. The molecule has 0 aliphatic carbocycles. The van der Waals surface area contributed by atoms with Crippen LogP contribution in [0.3, 0.4) is 0 Å². The number of hydrogen-bond acceptors (Lipinski definition) is 3. The fraction of sp³-hybridized carbons (Fsp3) is 0.458. The van der Waals surface area contributed by atoms with Crippen LogP contribution < -0.4 is 10.0 Å². The second kappa shape index (κ2) is 10.6. The zero-order valence-corrected chi connectivity index (χ0v) is 19.5. The fourth-order valence-corrected chi connectivity index (χ4v) is 4.77. The van der Waals surface area contributed by atoms with Crippen molar-refractivity contribution >= 4 is 21.6 Å². The molecule has 6 heteroatoms. The van der Waals surface area contributed by atoms with Crippen molar-refractivity contribution in [1.82, 2.24) is 5.32 Å². The molecule has 0 bridgehead atoms. The second-order valence-corrected chi connectivity index (χ2v) is 9.61. The van der Waals surface area contributed by atoms with Crippen LogP contribution in [0.5, 0.6) is 0 Å². The minimum Gasteiger partial charge on any atom is -0.352 e. The summed E-state index contributed by atoms with van der Waals surface area (Å²) in [6, 6.07) is 10.3. The zero-order valence-electron chi connectivity index (χ0n) is 18.7. The van der Waals surface area contributed by atoms with E-state index >= 15 is 0 Å². The molecular weight excluding hydrogens is 396 g/mol. The first-order valence-corrected chi connectivity index (χ1v) is 12.2. The van der Waals surface area contributed by atoms with Gasteiger partial charge in [0.15, 0.2) is 0 Å². The van der Waals surface area contributed by atoms with E-state index in [0.717, 1.165) is 36.8 Å². The normalized spacial score (nSPS) is 12.4. The number of carbonyl (C=O) groups excluding carboxylic acids is 1. The number of amides is 1. The Bertz CT molecular complexity index is 984. The lowest BCUT2D eigenvalue weighted by molar-refractivity contribution is 0.0945. The van der Waals surface area contributed by atoms with Crippen LogP contribution >= 0.6 is 0 Å². The average Bonchev–Trinajstić information content (AvgIpc) is 2.71. The number of nitrogens with one attached hydrogen (secondary N) is 2. The van der Waals surface area contributed by atoms with E-state index < -0.39 is 10.0 Å². The molecule has 0 spiro atoms. The zero-order chi connectivity index (χ0) is 22.3. The van der Waals surface area contributed by atoms with Gasteiger partial charge in [-0.25, -0.2) is 8.42 Å². The van der Waals surface area contributed by atoms with Crippen LogP contribution in [0.4, 0.5) is 5.69 Å². The molecule has 1 amide bonds. The van der Waals surface area contributed by atoms with E-state index in [0.29, 0.717) is 29.3 Å². The Morgan fingerprint density at radius 3 is 2.43 bits per heavy atom. The summed E-state index contributed by atoms with van der Waals surface area (Å²) in [6.45, 7) is 10.4. The number of aryl methyl sites for hydroxylation is 2. The number of anilines is 1. The quantitative estimate of drug-likeness (QED) is 0.533. The van der Waals surface area contributed by atoms with Crippen LogP contribution in [-0.4, -0.2) is 20.9 Å². The van der Waals surface area contributed by atoms with Gasteiger partial charge in [-0.15, -0.1) is 0 Å². The summed E-state index contributed by atoms with van der Waals surface area (Å²) < 4.78 is 28.8. The first-order valence-electron chi connectivity index (χ1n) is 10.7. The van der Waals surface area contributed by atoms with Gasteiger partial charge in [-0.1, -0.05) is 51.3 Å². The summed E-state index contributed by atoms with van der Waals surface area (Å²) >= 11 is 0. The van der Waals surface area contributed by atoms with Gasteiger partial charge < -0.3 is 5.32 Å². The number of carbonyl (C=O) groups is 1. The van der Waals surface area contributed by atoms with Gasteiger partial charge in [-0.05, 0) is 68.0 Å². The molecule has 2 rings (SSSR count). The highest BCUT2D eigenvalue weighted by Gasteiger charge is 2.20. The van der Waals surface area contributed by atoms with Gasteiger partial charge in [0.1, 0.15) is 0 Å². The molecule has 0 saturated heterocycles. The van der Waals surface area contributed by atoms with Crippen molar-refractivity contribution in [3.05, 3.63) is 58.7 Å². The summed E-state index contributed by atoms with van der Waals surface area (Å²) in [5, 5.41) is 2.97. The highest BCUT2D eigenvalue weighted by Crippen LogP contribution is 2.24. The summed E-state index contributed by atoms with van der Waals surface area (Å²) in [5.74, 6) is 0.196. The Morgan fingerprint density at radius 1 is 1.03 bits per heavy atom. The van der Waals surface area contributed by atoms with Crippen LogP contribution in [0.25, 0.3) is 0 Å². The molecule has 2 aromatic rings. The van der Waals surface area contributed by atoms with Gasteiger partial charge in [0.05, 0.1) is 10.6 Å². The molecule has 5 nitrogen and oxygen atoms in total. The van der Waals surface area contributed by atoms with E-state index in [1.165, 1.54) is 6.07 Å². The Kier molecular flexibility index (Phi) is 8.47. The van der Waals surface area contributed by atoms with Crippen molar-refractivity contribution < 1.29 is 13.2 Å². The summed E-state index contributed by atoms with van der Waals surface area (Å²) in [7, 11) is -3.82. The van der Waals surface area contributed by atoms with Gasteiger partial charge in [0.25, 0.3) is 15.9 Å². The largest absolute Gasteiger partial charge is 0.352 e. The SMILES string of the molecule is CCCCC(CC)CNC(=O)c1ccc(C)c(S(=O)(=O)Nc2cccc(C)c2C)c1. The predicted octanol–water partition coefficient (Wildman–Crippen LogP) is 5.36. The van der Waals surface area contributed by atoms with Crippen LogP contribution in [0.2, 0.25) is 0 Å². The van der Waals surface area contributed by atoms with Crippen molar-refractivity contribution in [1.29, 1.82) is 0 Å². The van der Waals surface area contributed by atoms with E-state index in [4.69, 9.17) is 0 Å². The number of hydrogen-bond donors (Lipinski definition) is 2. The highest BCUT2D eigenvalue weighted by atomic mass is 32.2. The fourth-order valence-electron chi connectivity index (χ4n) is 3.37. The lowest BCUT2D eigenvalue weighted by Crippen LogP contribution is -2.29. The maximum Gasteiger partial charge on any atom is 0.262 e. The van der Waals surface area contributed by atoms with Crippen LogP contribution in [0.15, 0.2) is 41.3 Å². The topological polar surface area (TPSA) is 75.3 Å². The molecule has 1 atom stereocenters. The molecule has 2 aromatic carbocycles. The molecule has 2 N–H and O–H groups in total. The molecule has 0 aliphatic heterocycles. The molecule has 0 radical (unpaired) electrons. The molecule has 30 heavy (non-hydrogen) atoms. The minimum absolute atomic E-state index is 0.120. The monoisotopic (exact) mass is 430 g/mol. The Balaban J connectivity index is 2.21. The third-order valence-corrected chi connectivity index (χ3v) is 7.19. The Labute approximate surface area is 181 Å². The van der Waals surface area contributed by atoms with Crippen molar-refractivity contribution in [3.63, 3.8) is 0 Å². The maximum atomic E-state index is 13.0. The predicted molar refractivity (Wildman–Crippen MR) is 124 cm³/mol. The van der Waals surface area contributed by atoms with E-state index in [1.807, 2.05) is 26.0 Å². The molecule has 0 aromatic heterocycles. The standard InChI is InChI=1S/C24H34N2O3S/c1-6-8-11-20(7-2)16-25-24(27)21-14-13-18(4)23(15-21)30(28,29)26-22-12-9-10-17(3)19(22)5/h9-10,12-15,20,26H,6-8,11,16H2,1-5H3,(H,25,27). The second-order valence-electron chi connectivity index (χ2n) is 7.96. The maximum absolute atomic E-state index is 13.0. The number of benzene rings is 2. The van der Waals surface area contributed by atoms with E-state index in [1.54, 1.807) is 25.1 Å². The van der Waals surface area contributed by atoms with E-state index in [-0.39, 0.29) is 10.8 Å². The van der Waals surface area contributed by atoms with Crippen molar-refractivity contribution in [2.75, 3.05) is 11.3 Å². The third kappa shape index (κ3) is 6.08. The van der Waals surface area contributed by atoms with Crippen LogP contribution in [0, 0.1) is 26.7 Å². The molecular formula is C24H34N2O3S. The smallest absolute Gasteiger partial charge is 0.262 e. The number of unbranched alkanes of at least 4 members (excludes halogenated alkanes) is 1. The van der Waals surface area contributed by atoms with Crippen molar-refractivity contribution in [3.8, 4) is 0 Å². The van der Waals surface area contributed by atoms with Gasteiger partial charge >= 0.3 is 0 Å². The number of rotatable bonds is 10. The lowest BCUT2D eigenvalue weighted by Gasteiger charge is -2.16. The molecule has 0 heterocycles. The van der Waals surface area contributed by atoms with Gasteiger partial charge in [0, 0.05) is 12.1 Å². The summed E-state index contributed by atoms with van der Waals surface area (Å²) in [6.07, 6.45) is 4.37. The number of sulfonamides is 1. The molecule has 0 aliphatic rings. The lowest BCUT2D eigenvalue weighted by atomic mass is 9.99. The third-order valence-electron chi connectivity index (χ3n) is 5.68. The molecule has 164 valence electrons. The minimum atomic E-state index is -3.82. The van der Waals surface area contributed by atoms with Gasteiger partial charge in [0.2, 0.25) is 0 Å². The molecule has 0 fully saturated rings. The van der Waals surface area contributed by atoms with Gasteiger partial charge in [-0.2, -0.15) is 0 Å².